The highest BCUT2D eigenvalue weighted by atomic mass is 16.5. The first-order valence-electron chi connectivity index (χ1n) is 6.30. The third kappa shape index (κ3) is 3.19. The molecule has 0 amide bonds. The summed E-state index contributed by atoms with van der Waals surface area (Å²) in [5, 5.41) is 19.8. The Labute approximate surface area is 122 Å². The predicted octanol–water partition coefficient (Wildman–Crippen LogP) is 1.22. The molecule has 21 heavy (non-hydrogen) atoms. The van der Waals surface area contributed by atoms with Crippen molar-refractivity contribution in [1.29, 1.82) is 0 Å². The molecule has 1 aromatic carbocycles. The molecule has 0 radical (unpaired) electrons. The van der Waals surface area contributed by atoms with E-state index in [-0.39, 0.29) is 5.84 Å². The zero-order valence-electron chi connectivity index (χ0n) is 11.9. The van der Waals surface area contributed by atoms with Gasteiger partial charge in [-0.05, 0) is 12.1 Å². The highest BCUT2D eigenvalue weighted by molar-refractivity contribution is 6.01. The van der Waals surface area contributed by atoms with Gasteiger partial charge in [0.1, 0.15) is 5.75 Å². The van der Waals surface area contributed by atoms with Gasteiger partial charge in [0.25, 0.3) is 0 Å². The molecule has 0 aliphatic carbocycles. The lowest BCUT2D eigenvalue weighted by Crippen LogP contribution is -2.24. The van der Waals surface area contributed by atoms with Gasteiger partial charge >= 0.3 is 0 Å². The minimum absolute atomic E-state index is 0.00761. The Kier molecular flexibility index (Phi) is 4.55. The van der Waals surface area contributed by atoms with Crippen molar-refractivity contribution in [1.82, 2.24) is 10.2 Å². The van der Waals surface area contributed by atoms with Crippen LogP contribution in [-0.4, -0.2) is 35.4 Å². The first-order valence-corrected chi connectivity index (χ1v) is 6.30. The molecular formula is C14H17N5O2. The van der Waals surface area contributed by atoms with E-state index in [0.29, 0.717) is 17.9 Å². The van der Waals surface area contributed by atoms with Crippen LogP contribution in [0.15, 0.2) is 41.7 Å². The van der Waals surface area contributed by atoms with Crippen LogP contribution in [0.3, 0.4) is 0 Å². The maximum Gasteiger partial charge on any atom is 0.173 e. The van der Waals surface area contributed by atoms with E-state index in [9.17, 15) is 0 Å². The highest BCUT2D eigenvalue weighted by Crippen LogP contribution is 2.22. The van der Waals surface area contributed by atoms with Gasteiger partial charge in [0.2, 0.25) is 0 Å². The summed E-state index contributed by atoms with van der Waals surface area (Å²) >= 11 is 0. The van der Waals surface area contributed by atoms with E-state index in [0.717, 1.165) is 11.3 Å². The molecule has 0 aliphatic heterocycles. The number of oxime groups is 1. The van der Waals surface area contributed by atoms with E-state index in [1.165, 1.54) is 6.20 Å². The number of rotatable bonds is 5. The maximum atomic E-state index is 8.84. The Hall–Kier alpha value is -2.83. The summed E-state index contributed by atoms with van der Waals surface area (Å²) in [7, 11) is 3.48. The Morgan fingerprint density at radius 1 is 1.38 bits per heavy atom. The molecule has 0 fully saturated rings. The molecule has 0 saturated carbocycles. The largest absolute Gasteiger partial charge is 0.496 e. The molecule has 0 spiro atoms. The second-order valence-electron chi connectivity index (χ2n) is 4.42. The van der Waals surface area contributed by atoms with Crippen molar-refractivity contribution in [2.24, 2.45) is 10.9 Å². The quantitative estimate of drug-likeness (QED) is 0.371. The maximum absolute atomic E-state index is 8.84. The Morgan fingerprint density at radius 2 is 2.14 bits per heavy atom. The van der Waals surface area contributed by atoms with Crippen molar-refractivity contribution >= 4 is 11.7 Å². The fourth-order valence-electron chi connectivity index (χ4n) is 2.02. The number of benzene rings is 1. The lowest BCUT2D eigenvalue weighted by atomic mass is 10.1. The molecule has 1 aromatic heterocycles. The van der Waals surface area contributed by atoms with Crippen molar-refractivity contribution in [3.05, 3.63) is 47.7 Å². The summed E-state index contributed by atoms with van der Waals surface area (Å²) in [5.74, 6) is 1.31. The van der Waals surface area contributed by atoms with Crippen LogP contribution in [0.1, 0.15) is 11.1 Å². The van der Waals surface area contributed by atoms with Crippen molar-refractivity contribution in [3.8, 4) is 5.75 Å². The normalized spacial score (nSPS) is 11.2. The first-order chi connectivity index (χ1) is 10.2. The average Bonchev–Trinajstić information content (AvgIpc) is 2.54. The van der Waals surface area contributed by atoms with E-state index in [4.69, 9.17) is 15.7 Å². The van der Waals surface area contributed by atoms with Gasteiger partial charge in [-0.3, -0.25) is 0 Å². The summed E-state index contributed by atoms with van der Waals surface area (Å²) in [6.45, 7) is 0.550. The molecule has 0 aliphatic rings. The van der Waals surface area contributed by atoms with Crippen LogP contribution in [0.5, 0.6) is 5.75 Å². The Balaban J connectivity index is 2.31. The Bertz CT molecular complexity index is 645. The van der Waals surface area contributed by atoms with Crippen molar-refractivity contribution < 1.29 is 9.94 Å². The number of hydrogen-bond donors (Lipinski definition) is 2. The molecule has 1 heterocycles. The van der Waals surface area contributed by atoms with Crippen LogP contribution in [-0.2, 0) is 6.54 Å². The molecule has 2 aromatic rings. The lowest BCUT2D eigenvalue weighted by Gasteiger charge is -2.21. The number of aromatic nitrogens is 2. The van der Waals surface area contributed by atoms with Crippen LogP contribution in [0, 0.1) is 0 Å². The fourth-order valence-corrected chi connectivity index (χ4v) is 2.02. The number of ether oxygens (including phenoxy) is 1. The summed E-state index contributed by atoms with van der Waals surface area (Å²) in [5.41, 5.74) is 7.18. The van der Waals surface area contributed by atoms with Crippen LogP contribution >= 0.6 is 0 Å². The van der Waals surface area contributed by atoms with E-state index in [1.54, 1.807) is 13.2 Å². The summed E-state index contributed by atoms with van der Waals surface area (Å²) in [4.78, 5) is 1.86. The highest BCUT2D eigenvalue weighted by Gasteiger charge is 2.14. The van der Waals surface area contributed by atoms with E-state index in [1.807, 2.05) is 36.2 Å². The van der Waals surface area contributed by atoms with Gasteiger partial charge in [0.15, 0.2) is 11.7 Å². The zero-order chi connectivity index (χ0) is 15.2. The van der Waals surface area contributed by atoms with Gasteiger partial charge in [-0.15, -0.1) is 5.10 Å². The third-order valence-corrected chi connectivity index (χ3v) is 3.05. The summed E-state index contributed by atoms with van der Waals surface area (Å²) < 4.78 is 5.33. The number of hydrogen-bond acceptors (Lipinski definition) is 6. The van der Waals surface area contributed by atoms with Crippen LogP contribution in [0.4, 0.5) is 5.82 Å². The van der Waals surface area contributed by atoms with Crippen molar-refractivity contribution in [3.63, 3.8) is 0 Å². The number of nitrogens with two attached hydrogens (primary N) is 1. The average molecular weight is 287 g/mol. The zero-order valence-corrected chi connectivity index (χ0v) is 11.9. The van der Waals surface area contributed by atoms with E-state index < -0.39 is 0 Å². The van der Waals surface area contributed by atoms with Gasteiger partial charge < -0.3 is 20.6 Å². The molecule has 0 bridgehead atoms. The summed E-state index contributed by atoms with van der Waals surface area (Å²) in [6.07, 6.45) is 1.49. The van der Waals surface area contributed by atoms with Crippen LogP contribution in [0.2, 0.25) is 0 Å². The molecule has 7 nitrogen and oxygen atoms in total. The van der Waals surface area contributed by atoms with Gasteiger partial charge in [0, 0.05) is 19.2 Å². The molecule has 7 heteroatoms. The minimum Gasteiger partial charge on any atom is -0.496 e. The van der Waals surface area contributed by atoms with E-state index in [2.05, 4.69) is 15.4 Å². The van der Waals surface area contributed by atoms with Crippen LogP contribution in [0.25, 0.3) is 0 Å². The predicted molar refractivity (Wildman–Crippen MR) is 79.6 cm³/mol. The minimum atomic E-state index is -0.00761. The van der Waals surface area contributed by atoms with Gasteiger partial charge in [-0.2, -0.15) is 5.10 Å². The van der Waals surface area contributed by atoms with Gasteiger partial charge in [0.05, 0.1) is 18.9 Å². The second-order valence-corrected chi connectivity index (χ2v) is 4.42. The number of anilines is 1. The monoisotopic (exact) mass is 287 g/mol. The number of amidine groups is 1. The number of nitrogens with zero attached hydrogens (tertiary/aromatic N) is 4. The van der Waals surface area contributed by atoms with E-state index >= 15 is 0 Å². The fraction of sp³-hybridized carbons (Fsp3) is 0.214. The lowest BCUT2D eigenvalue weighted by molar-refractivity contribution is 0.318. The molecule has 2 rings (SSSR count). The molecular weight excluding hydrogens is 270 g/mol. The van der Waals surface area contributed by atoms with Gasteiger partial charge in [-0.1, -0.05) is 23.4 Å². The second kappa shape index (κ2) is 6.56. The summed E-state index contributed by atoms with van der Waals surface area (Å²) in [6, 6.07) is 9.36. The third-order valence-electron chi connectivity index (χ3n) is 3.05. The van der Waals surface area contributed by atoms with Crippen molar-refractivity contribution in [2.45, 2.75) is 6.54 Å². The number of para-hydroxylation sites is 1. The molecule has 0 saturated heterocycles. The molecule has 110 valence electrons. The standard InChI is InChI=1S/C14H17N5O2/c1-19(9-10-5-3-4-6-12(10)21-2)14-11(13(15)18-20)7-8-16-17-14/h3-8,20H,9H2,1-2H3,(H2,15,18). The van der Waals surface area contributed by atoms with Gasteiger partial charge in [-0.25, -0.2) is 0 Å². The topological polar surface area (TPSA) is 96.9 Å². The van der Waals surface area contributed by atoms with Crippen molar-refractivity contribution in [2.75, 3.05) is 19.1 Å². The first kappa shape index (κ1) is 14.6. The smallest absolute Gasteiger partial charge is 0.173 e. The van der Waals surface area contributed by atoms with Crippen LogP contribution < -0.4 is 15.4 Å². The molecule has 3 N–H and O–H groups in total. The molecule has 0 unspecified atom stereocenters. The number of methoxy groups -OCH3 is 1. The Morgan fingerprint density at radius 3 is 2.86 bits per heavy atom. The SMILES string of the molecule is COc1ccccc1CN(C)c1nnccc1/C(N)=N/O. The molecule has 0 atom stereocenters.